The Morgan fingerprint density at radius 3 is 2.25 bits per heavy atom. The minimum Gasteiger partial charge on any atom is -0.392 e. The Morgan fingerprint density at radius 2 is 1.69 bits per heavy atom. The molecule has 0 unspecified atom stereocenters. The van der Waals surface area contributed by atoms with Crippen LogP contribution in [0.3, 0.4) is 0 Å². The Bertz CT molecular complexity index is 224. The zero-order valence-electron chi connectivity index (χ0n) is 11.4. The van der Waals surface area contributed by atoms with Crippen molar-refractivity contribution in [3.8, 4) is 0 Å². The molecule has 94 valence electrons. The standard InChI is InChI=1S/C15H28O/c1-13(2)7-5-8-14(3)9-6-10-15(4)11-12-16/h9,11,13,16H,5-8,10,12H2,1-4H3/b14-9-,15-11-. The zero-order valence-corrected chi connectivity index (χ0v) is 11.4. The molecule has 0 atom stereocenters. The van der Waals surface area contributed by atoms with Crippen LogP contribution in [0.15, 0.2) is 23.3 Å². The summed E-state index contributed by atoms with van der Waals surface area (Å²) >= 11 is 0. The molecule has 0 aromatic heterocycles. The third-order valence-corrected chi connectivity index (χ3v) is 2.82. The molecule has 16 heavy (non-hydrogen) atoms. The molecule has 0 aromatic carbocycles. The summed E-state index contributed by atoms with van der Waals surface area (Å²) in [5.74, 6) is 0.822. The second-order valence-electron chi connectivity index (χ2n) is 5.11. The van der Waals surface area contributed by atoms with E-state index in [1.54, 1.807) is 0 Å². The summed E-state index contributed by atoms with van der Waals surface area (Å²) in [6.45, 7) is 9.04. The summed E-state index contributed by atoms with van der Waals surface area (Å²) in [6, 6.07) is 0. The van der Waals surface area contributed by atoms with Gasteiger partial charge in [-0.1, -0.05) is 43.6 Å². The van der Waals surface area contributed by atoms with Crippen LogP contribution in [0.5, 0.6) is 0 Å². The summed E-state index contributed by atoms with van der Waals surface area (Å²) in [6.07, 6.45) is 10.3. The highest BCUT2D eigenvalue weighted by Crippen LogP contribution is 2.13. The Morgan fingerprint density at radius 1 is 1.06 bits per heavy atom. The van der Waals surface area contributed by atoms with Gasteiger partial charge in [0.25, 0.3) is 0 Å². The van der Waals surface area contributed by atoms with E-state index in [-0.39, 0.29) is 6.61 Å². The molecule has 0 aromatic rings. The van der Waals surface area contributed by atoms with E-state index in [0.717, 1.165) is 18.8 Å². The van der Waals surface area contributed by atoms with Gasteiger partial charge in [0.05, 0.1) is 6.61 Å². The van der Waals surface area contributed by atoms with Crippen LogP contribution >= 0.6 is 0 Å². The van der Waals surface area contributed by atoms with Gasteiger partial charge < -0.3 is 5.11 Å². The van der Waals surface area contributed by atoms with E-state index in [0.29, 0.717) is 0 Å². The lowest BCUT2D eigenvalue weighted by atomic mass is 10.0. The molecule has 1 nitrogen and oxygen atoms in total. The lowest BCUT2D eigenvalue weighted by molar-refractivity contribution is 0.341. The zero-order chi connectivity index (χ0) is 12.4. The van der Waals surface area contributed by atoms with E-state index in [1.165, 1.54) is 30.4 Å². The number of hydrogen-bond acceptors (Lipinski definition) is 1. The van der Waals surface area contributed by atoms with Crippen molar-refractivity contribution in [3.63, 3.8) is 0 Å². The van der Waals surface area contributed by atoms with Crippen LogP contribution in [-0.4, -0.2) is 11.7 Å². The minimum atomic E-state index is 0.170. The van der Waals surface area contributed by atoms with E-state index in [2.05, 4.69) is 33.8 Å². The highest BCUT2D eigenvalue weighted by molar-refractivity contribution is 5.03. The molecule has 0 fully saturated rings. The molecule has 0 aliphatic carbocycles. The Kier molecular flexibility index (Phi) is 9.31. The van der Waals surface area contributed by atoms with Gasteiger partial charge in [-0.05, 0) is 45.4 Å². The molecule has 0 bridgehead atoms. The smallest absolute Gasteiger partial charge is 0.0614 e. The van der Waals surface area contributed by atoms with Gasteiger partial charge >= 0.3 is 0 Å². The summed E-state index contributed by atoms with van der Waals surface area (Å²) in [5.41, 5.74) is 2.80. The fourth-order valence-electron chi connectivity index (χ4n) is 1.70. The molecule has 1 N–H and O–H groups in total. The van der Waals surface area contributed by atoms with Gasteiger partial charge in [0.2, 0.25) is 0 Å². The second-order valence-corrected chi connectivity index (χ2v) is 5.11. The first-order chi connectivity index (χ1) is 7.56. The largest absolute Gasteiger partial charge is 0.392 e. The fraction of sp³-hybridized carbons (Fsp3) is 0.733. The van der Waals surface area contributed by atoms with Crippen LogP contribution in [0.1, 0.15) is 59.8 Å². The van der Waals surface area contributed by atoms with Crippen molar-refractivity contribution in [1.82, 2.24) is 0 Å². The molecule has 0 rings (SSSR count). The molecule has 1 heteroatoms. The average Bonchev–Trinajstić information content (AvgIpc) is 2.17. The second kappa shape index (κ2) is 9.65. The van der Waals surface area contributed by atoms with Crippen molar-refractivity contribution in [2.45, 2.75) is 59.8 Å². The third kappa shape index (κ3) is 9.97. The molecule has 0 aliphatic rings. The first kappa shape index (κ1) is 15.4. The van der Waals surface area contributed by atoms with E-state index in [4.69, 9.17) is 5.11 Å². The van der Waals surface area contributed by atoms with Crippen LogP contribution in [0.2, 0.25) is 0 Å². The van der Waals surface area contributed by atoms with Crippen molar-refractivity contribution in [1.29, 1.82) is 0 Å². The number of aliphatic hydroxyl groups excluding tert-OH is 1. The van der Waals surface area contributed by atoms with Crippen LogP contribution in [-0.2, 0) is 0 Å². The van der Waals surface area contributed by atoms with Crippen LogP contribution < -0.4 is 0 Å². The van der Waals surface area contributed by atoms with Gasteiger partial charge in [-0.3, -0.25) is 0 Å². The number of allylic oxidation sites excluding steroid dienone is 3. The average molecular weight is 224 g/mol. The van der Waals surface area contributed by atoms with Crippen molar-refractivity contribution in [2.75, 3.05) is 6.61 Å². The third-order valence-electron chi connectivity index (χ3n) is 2.82. The van der Waals surface area contributed by atoms with Crippen molar-refractivity contribution in [2.24, 2.45) is 5.92 Å². The first-order valence-corrected chi connectivity index (χ1v) is 6.48. The SMILES string of the molecule is C/C(=C/CO)CC/C=C(/C)CCCC(C)C. The number of rotatable bonds is 8. The maximum atomic E-state index is 8.72. The van der Waals surface area contributed by atoms with E-state index < -0.39 is 0 Å². The Hall–Kier alpha value is -0.560. The molecular weight excluding hydrogens is 196 g/mol. The van der Waals surface area contributed by atoms with Crippen LogP contribution in [0, 0.1) is 5.92 Å². The maximum Gasteiger partial charge on any atom is 0.0614 e. The quantitative estimate of drug-likeness (QED) is 0.603. The van der Waals surface area contributed by atoms with Gasteiger partial charge in [0, 0.05) is 0 Å². The van der Waals surface area contributed by atoms with E-state index >= 15 is 0 Å². The predicted octanol–water partition coefficient (Wildman–Crippen LogP) is 4.48. The topological polar surface area (TPSA) is 20.2 Å². The van der Waals surface area contributed by atoms with Crippen molar-refractivity contribution >= 4 is 0 Å². The summed E-state index contributed by atoms with van der Waals surface area (Å²) in [7, 11) is 0. The van der Waals surface area contributed by atoms with Crippen molar-refractivity contribution in [3.05, 3.63) is 23.3 Å². The molecule has 0 saturated heterocycles. The molecule has 0 spiro atoms. The number of aliphatic hydroxyl groups is 1. The highest BCUT2D eigenvalue weighted by Gasteiger charge is 1.95. The van der Waals surface area contributed by atoms with Gasteiger partial charge in [-0.15, -0.1) is 0 Å². The Balaban J connectivity index is 3.66. The van der Waals surface area contributed by atoms with Gasteiger partial charge in [-0.25, -0.2) is 0 Å². The summed E-state index contributed by atoms with van der Waals surface area (Å²) in [5, 5.41) is 8.72. The molecule has 0 amide bonds. The van der Waals surface area contributed by atoms with Crippen molar-refractivity contribution < 1.29 is 5.11 Å². The lowest BCUT2D eigenvalue weighted by Gasteiger charge is -2.05. The molecular formula is C15H28O. The van der Waals surface area contributed by atoms with E-state index in [1.807, 2.05) is 6.08 Å². The molecule has 0 aliphatic heterocycles. The van der Waals surface area contributed by atoms with Crippen LogP contribution in [0.25, 0.3) is 0 Å². The summed E-state index contributed by atoms with van der Waals surface area (Å²) in [4.78, 5) is 0. The van der Waals surface area contributed by atoms with Crippen LogP contribution in [0.4, 0.5) is 0 Å². The van der Waals surface area contributed by atoms with Gasteiger partial charge in [0.15, 0.2) is 0 Å². The molecule has 0 heterocycles. The lowest BCUT2D eigenvalue weighted by Crippen LogP contribution is -1.88. The van der Waals surface area contributed by atoms with Gasteiger partial charge in [0.1, 0.15) is 0 Å². The van der Waals surface area contributed by atoms with E-state index in [9.17, 15) is 0 Å². The van der Waals surface area contributed by atoms with Gasteiger partial charge in [-0.2, -0.15) is 0 Å². The minimum absolute atomic E-state index is 0.170. The first-order valence-electron chi connectivity index (χ1n) is 6.48. The monoisotopic (exact) mass is 224 g/mol. The maximum absolute atomic E-state index is 8.72. The number of hydrogen-bond donors (Lipinski definition) is 1. The predicted molar refractivity (Wildman–Crippen MR) is 72.5 cm³/mol. The normalized spacial score (nSPS) is 13.6. The fourth-order valence-corrected chi connectivity index (χ4v) is 1.70. The highest BCUT2D eigenvalue weighted by atomic mass is 16.2. The Labute approximate surface area is 101 Å². The molecule has 0 radical (unpaired) electrons. The molecule has 0 saturated carbocycles. The summed E-state index contributed by atoms with van der Waals surface area (Å²) < 4.78 is 0.